The van der Waals surface area contributed by atoms with Crippen molar-refractivity contribution in [2.24, 2.45) is 17.3 Å². The fraction of sp³-hybridized carbons (Fsp3) is 0.895. The van der Waals surface area contributed by atoms with Gasteiger partial charge >= 0.3 is 0 Å². The Balaban J connectivity index is 1.52. The zero-order valence-electron chi connectivity index (χ0n) is 15.2. The second-order valence-electron chi connectivity index (χ2n) is 8.05. The fourth-order valence-electron chi connectivity index (χ4n) is 4.50. The molecule has 24 heavy (non-hydrogen) atoms. The van der Waals surface area contributed by atoms with Gasteiger partial charge in [0.15, 0.2) is 0 Å². The molecule has 3 atom stereocenters. The number of carbonyl (C=O) groups excluding carboxylic acids is 2. The largest absolute Gasteiger partial charge is 0.381 e. The van der Waals surface area contributed by atoms with E-state index in [1.807, 2.05) is 4.90 Å². The van der Waals surface area contributed by atoms with E-state index in [2.05, 4.69) is 19.2 Å². The second kappa shape index (κ2) is 7.42. The molecule has 0 aromatic heterocycles. The van der Waals surface area contributed by atoms with Crippen LogP contribution in [0, 0.1) is 17.3 Å². The summed E-state index contributed by atoms with van der Waals surface area (Å²) in [6.45, 7) is 7.20. The van der Waals surface area contributed by atoms with Gasteiger partial charge in [0.2, 0.25) is 11.8 Å². The smallest absolute Gasteiger partial charge is 0.226 e. The SMILES string of the molecule is CCCC(C)NC(=O)C1CCCN(C(=O)C2CC23CCOCC3)C1. The first-order chi connectivity index (χ1) is 11.6. The maximum atomic E-state index is 12.9. The molecule has 136 valence electrons. The van der Waals surface area contributed by atoms with E-state index in [0.29, 0.717) is 6.54 Å². The van der Waals surface area contributed by atoms with Crippen molar-refractivity contribution in [1.82, 2.24) is 10.2 Å². The van der Waals surface area contributed by atoms with Gasteiger partial charge in [0.05, 0.1) is 5.92 Å². The van der Waals surface area contributed by atoms with Crippen LogP contribution in [0.25, 0.3) is 0 Å². The third kappa shape index (κ3) is 3.76. The normalized spacial score (nSPS) is 30.0. The van der Waals surface area contributed by atoms with E-state index in [9.17, 15) is 9.59 Å². The fourth-order valence-corrected chi connectivity index (χ4v) is 4.50. The Morgan fingerprint density at radius 3 is 2.79 bits per heavy atom. The van der Waals surface area contributed by atoms with Gasteiger partial charge in [0, 0.05) is 38.3 Å². The summed E-state index contributed by atoms with van der Waals surface area (Å²) in [5.41, 5.74) is 0.222. The molecule has 3 unspecified atom stereocenters. The minimum Gasteiger partial charge on any atom is -0.381 e. The van der Waals surface area contributed by atoms with Crippen LogP contribution in [0.5, 0.6) is 0 Å². The van der Waals surface area contributed by atoms with Crippen LogP contribution in [0.4, 0.5) is 0 Å². The Morgan fingerprint density at radius 1 is 1.33 bits per heavy atom. The quantitative estimate of drug-likeness (QED) is 0.838. The van der Waals surface area contributed by atoms with Crippen molar-refractivity contribution in [1.29, 1.82) is 0 Å². The number of ether oxygens (including phenoxy) is 1. The van der Waals surface area contributed by atoms with Crippen LogP contribution in [0.1, 0.15) is 58.8 Å². The Kier molecular flexibility index (Phi) is 5.48. The summed E-state index contributed by atoms with van der Waals surface area (Å²) >= 11 is 0. The Labute approximate surface area is 145 Å². The van der Waals surface area contributed by atoms with Gasteiger partial charge in [-0.05, 0) is 50.9 Å². The van der Waals surface area contributed by atoms with E-state index < -0.39 is 0 Å². The summed E-state index contributed by atoms with van der Waals surface area (Å²) in [4.78, 5) is 27.3. The lowest BCUT2D eigenvalue weighted by Crippen LogP contribution is -2.48. The summed E-state index contributed by atoms with van der Waals surface area (Å²) < 4.78 is 5.45. The van der Waals surface area contributed by atoms with Crippen molar-refractivity contribution in [3.63, 3.8) is 0 Å². The maximum absolute atomic E-state index is 12.9. The molecule has 3 aliphatic rings. The van der Waals surface area contributed by atoms with Crippen molar-refractivity contribution in [2.45, 2.75) is 64.8 Å². The van der Waals surface area contributed by atoms with Crippen LogP contribution >= 0.6 is 0 Å². The summed E-state index contributed by atoms with van der Waals surface area (Å²) in [5, 5.41) is 3.12. The van der Waals surface area contributed by atoms with Gasteiger partial charge in [-0.1, -0.05) is 13.3 Å². The molecule has 2 aliphatic heterocycles. The molecular formula is C19H32N2O3. The van der Waals surface area contributed by atoms with Crippen molar-refractivity contribution < 1.29 is 14.3 Å². The van der Waals surface area contributed by atoms with Crippen LogP contribution in [0.15, 0.2) is 0 Å². The van der Waals surface area contributed by atoms with Crippen molar-refractivity contribution in [3.8, 4) is 0 Å². The number of rotatable bonds is 5. The summed E-state index contributed by atoms with van der Waals surface area (Å²) in [7, 11) is 0. The third-order valence-electron chi connectivity index (χ3n) is 6.19. The summed E-state index contributed by atoms with van der Waals surface area (Å²) in [6, 6.07) is 0.225. The van der Waals surface area contributed by atoms with Crippen molar-refractivity contribution in [2.75, 3.05) is 26.3 Å². The first-order valence-corrected chi connectivity index (χ1v) is 9.72. The highest BCUT2D eigenvalue weighted by Crippen LogP contribution is 2.59. The lowest BCUT2D eigenvalue weighted by atomic mass is 9.92. The van der Waals surface area contributed by atoms with E-state index in [0.717, 1.165) is 64.7 Å². The van der Waals surface area contributed by atoms with Gasteiger partial charge in [-0.25, -0.2) is 0 Å². The predicted molar refractivity (Wildman–Crippen MR) is 92.4 cm³/mol. The number of likely N-dealkylation sites (tertiary alicyclic amines) is 1. The molecule has 3 rings (SSSR count). The molecular weight excluding hydrogens is 304 g/mol. The van der Waals surface area contributed by atoms with Gasteiger partial charge in [-0.2, -0.15) is 0 Å². The third-order valence-corrected chi connectivity index (χ3v) is 6.19. The molecule has 0 aromatic carbocycles. The number of nitrogens with one attached hydrogen (secondary N) is 1. The van der Waals surface area contributed by atoms with Gasteiger partial charge in [-0.15, -0.1) is 0 Å². The topological polar surface area (TPSA) is 58.6 Å². The average molecular weight is 336 g/mol. The summed E-state index contributed by atoms with van der Waals surface area (Å²) in [5.74, 6) is 0.564. The zero-order valence-corrected chi connectivity index (χ0v) is 15.2. The molecule has 1 saturated carbocycles. The molecule has 1 spiro atoms. The minimum absolute atomic E-state index is 0.0357. The Morgan fingerprint density at radius 2 is 2.08 bits per heavy atom. The number of nitrogens with zero attached hydrogens (tertiary/aromatic N) is 1. The molecule has 2 heterocycles. The monoisotopic (exact) mass is 336 g/mol. The molecule has 1 aliphatic carbocycles. The zero-order chi connectivity index (χ0) is 17.2. The molecule has 0 radical (unpaired) electrons. The van der Waals surface area contributed by atoms with Crippen LogP contribution in [-0.2, 0) is 14.3 Å². The lowest BCUT2D eigenvalue weighted by molar-refractivity contribution is -0.138. The molecule has 0 aromatic rings. The van der Waals surface area contributed by atoms with Gasteiger partial charge in [0.25, 0.3) is 0 Å². The first kappa shape index (κ1) is 17.7. The van der Waals surface area contributed by atoms with Gasteiger partial charge < -0.3 is 15.0 Å². The van der Waals surface area contributed by atoms with Crippen LogP contribution < -0.4 is 5.32 Å². The van der Waals surface area contributed by atoms with Crippen molar-refractivity contribution >= 4 is 11.8 Å². The van der Waals surface area contributed by atoms with Crippen molar-refractivity contribution in [3.05, 3.63) is 0 Å². The predicted octanol–water partition coefficient (Wildman–Crippen LogP) is 2.35. The number of hydrogen-bond acceptors (Lipinski definition) is 3. The summed E-state index contributed by atoms with van der Waals surface area (Å²) in [6.07, 6.45) is 6.99. The van der Waals surface area contributed by atoms with E-state index in [-0.39, 0.29) is 35.1 Å². The highest BCUT2D eigenvalue weighted by Gasteiger charge is 2.59. The number of hydrogen-bond donors (Lipinski definition) is 1. The maximum Gasteiger partial charge on any atom is 0.226 e. The number of piperidine rings is 1. The van der Waals surface area contributed by atoms with Gasteiger partial charge in [0.1, 0.15) is 0 Å². The molecule has 2 saturated heterocycles. The van der Waals surface area contributed by atoms with E-state index in [4.69, 9.17) is 4.74 Å². The minimum atomic E-state index is -0.0357. The van der Waals surface area contributed by atoms with Crippen LogP contribution in [0.3, 0.4) is 0 Å². The number of carbonyl (C=O) groups is 2. The van der Waals surface area contributed by atoms with Crippen LogP contribution in [-0.4, -0.2) is 49.1 Å². The van der Waals surface area contributed by atoms with E-state index in [1.165, 1.54) is 0 Å². The van der Waals surface area contributed by atoms with Gasteiger partial charge in [-0.3, -0.25) is 9.59 Å². The molecule has 5 nitrogen and oxygen atoms in total. The standard InChI is InChI=1S/C19H32N2O3/c1-3-5-14(2)20-17(22)15-6-4-9-21(13-15)18(23)16-12-19(16)7-10-24-11-8-19/h14-16H,3-13H2,1-2H3,(H,20,22). The Hall–Kier alpha value is -1.10. The highest BCUT2D eigenvalue weighted by atomic mass is 16.5. The molecule has 2 amide bonds. The average Bonchev–Trinajstić information content (AvgIpc) is 3.28. The molecule has 5 heteroatoms. The number of amides is 2. The van der Waals surface area contributed by atoms with E-state index in [1.54, 1.807) is 0 Å². The first-order valence-electron chi connectivity index (χ1n) is 9.72. The Bertz CT molecular complexity index is 473. The highest BCUT2D eigenvalue weighted by molar-refractivity contribution is 5.84. The molecule has 0 bridgehead atoms. The van der Waals surface area contributed by atoms with E-state index >= 15 is 0 Å². The van der Waals surface area contributed by atoms with Crippen LogP contribution in [0.2, 0.25) is 0 Å². The second-order valence-corrected chi connectivity index (χ2v) is 8.05. The molecule has 1 N–H and O–H groups in total. The molecule has 3 fully saturated rings. The lowest BCUT2D eigenvalue weighted by Gasteiger charge is -2.34.